The molecule has 1 atom stereocenters. The fourth-order valence-electron chi connectivity index (χ4n) is 1.58. The van der Waals surface area contributed by atoms with E-state index in [0.717, 1.165) is 5.56 Å². The Bertz CT molecular complexity index is 494. The van der Waals surface area contributed by atoms with E-state index in [1.165, 1.54) is 7.11 Å². The van der Waals surface area contributed by atoms with Crippen molar-refractivity contribution in [3.05, 3.63) is 23.9 Å². The first-order valence-electron chi connectivity index (χ1n) is 6.49. The third kappa shape index (κ3) is 6.11. The Kier molecular flexibility index (Phi) is 5.52. The van der Waals surface area contributed by atoms with E-state index >= 15 is 0 Å². The molecule has 7 heteroatoms. The number of nitrogen functional groups attached to an aromatic ring is 1. The third-order valence-electron chi connectivity index (χ3n) is 2.46. The summed E-state index contributed by atoms with van der Waals surface area (Å²) in [6, 6.07) is 2.50. The number of methoxy groups -OCH3 is 1. The van der Waals surface area contributed by atoms with Crippen molar-refractivity contribution in [2.24, 2.45) is 0 Å². The molecular formula is C14H21N3O4. The maximum atomic E-state index is 11.8. The molecule has 1 amide bonds. The summed E-state index contributed by atoms with van der Waals surface area (Å²) in [6.45, 7) is 5.22. The summed E-state index contributed by atoms with van der Waals surface area (Å²) in [6.07, 6.45) is 1.10. The van der Waals surface area contributed by atoms with Gasteiger partial charge in [0.25, 0.3) is 0 Å². The maximum Gasteiger partial charge on any atom is 0.408 e. The number of aromatic nitrogens is 1. The molecule has 1 heterocycles. The van der Waals surface area contributed by atoms with E-state index in [0.29, 0.717) is 5.82 Å². The molecule has 0 saturated carbocycles. The molecular weight excluding hydrogens is 274 g/mol. The molecule has 3 N–H and O–H groups in total. The van der Waals surface area contributed by atoms with Gasteiger partial charge in [0, 0.05) is 12.6 Å². The molecule has 0 spiro atoms. The van der Waals surface area contributed by atoms with Crippen LogP contribution in [-0.4, -0.2) is 35.8 Å². The zero-order chi connectivity index (χ0) is 16.0. The quantitative estimate of drug-likeness (QED) is 0.811. The molecule has 0 bridgehead atoms. The number of anilines is 1. The average molecular weight is 295 g/mol. The van der Waals surface area contributed by atoms with Gasteiger partial charge in [-0.25, -0.2) is 14.6 Å². The van der Waals surface area contributed by atoms with Gasteiger partial charge in [0.15, 0.2) is 0 Å². The number of ether oxygens (including phenoxy) is 2. The van der Waals surface area contributed by atoms with Gasteiger partial charge in [0.1, 0.15) is 17.5 Å². The zero-order valence-electron chi connectivity index (χ0n) is 12.7. The number of nitrogens with one attached hydrogen (secondary N) is 1. The van der Waals surface area contributed by atoms with E-state index < -0.39 is 23.7 Å². The minimum atomic E-state index is -0.852. The van der Waals surface area contributed by atoms with Crippen molar-refractivity contribution in [2.75, 3.05) is 12.8 Å². The Morgan fingerprint density at radius 1 is 1.38 bits per heavy atom. The molecule has 0 aliphatic rings. The first kappa shape index (κ1) is 16.7. The summed E-state index contributed by atoms with van der Waals surface area (Å²) in [5, 5.41) is 2.49. The molecule has 0 aliphatic heterocycles. The first-order chi connectivity index (χ1) is 9.71. The number of alkyl carbamates (subject to hydrolysis) is 1. The number of rotatable bonds is 4. The van der Waals surface area contributed by atoms with Crippen molar-refractivity contribution in [1.82, 2.24) is 10.3 Å². The van der Waals surface area contributed by atoms with E-state index in [1.807, 2.05) is 0 Å². The molecule has 0 unspecified atom stereocenters. The Labute approximate surface area is 123 Å². The van der Waals surface area contributed by atoms with Crippen molar-refractivity contribution in [3.63, 3.8) is 0 Å². The SMILES string of the molecule is COC(=O)[C@H](Cc1ccc(N)nc1)NC(=O)OC(C)(C)C. The van der Waals surface area contributed by atoms with Gasteiger partial charge < -0.3 is 20.5 Å². The summed E-state index contributed by atoms with van der Waals surface area (Å²) >= 11 is 0. The summed E-state index contributed by atoms with van der Waals surface area (Å²) in [5.41, 5.74) is 5.60. The summed E-state index contributed by atoms with van der Waals surface area (Å²) in [4.78, 5) is 27.4. The second kappa shape index (κ2) is 6.92. The molecule has 0 radical (unpaired) electrons. The lowest BCUT2D eigenvalue weighted by Gasteiger charge is -2.22. The van der Waals surface area contributed by atoms with Gasteiger partial charge in [-0.1, -0.05) is 6.07 Å². The van der Waals surface area contributed by atoms with Crippen LogP contribution in [0.4, 0.5) is 10.6 Å². The van der Waals surface area contributed by atoms with E-state index in [2.05, 4.69) is 15.0 Å². The number of carbonyl (C=O) groups excluding carboxylic acids is 2. The lowest BCUT2D eigenvalue weighted by Crippen LogP contribution is -2.45. The van der Waals surface area contributed by atoms with Crippen molar-refractivity contribution >= 4 is 17.9 Å². The van der Waals surface area contributed by atoms with Crippen LogP contribution in [0, 0.1) is 0 Å². The van der Waals surface area contributed by atoms with E-state index in [1.54, 1.807) is 39.1 Å². The minimum absolute atomic E-state index is 0.235. The van der Waals surface area contributed by atoms with Crippen LogP contribution in [-0.2, 0) is 20.7 Å². The third-order valence-corrected chi connectivity index (χ3v) is 2.46. The Hall–Kier alpha value is -2.31. The monoisotopic (exact) mass is 295 g/mol. The van der Waals surface area contributed by atoms with Gasteiger partial charge in [-0.3, -0.25) is 0 Å². The molecule has 0 aliphatic carbocycles. The van der Waals surface area contributed by atoms with E-state index in [-0.39, 0.29) is 6.42 Å². The van der Waals surface area contributed by atoms with Gasteiger partial charge >= 0.3 is 12.1 Å². The second-order valence-electron chi connectivity index (χ2n) is 5.52. The van der Waals surface area contributed by atoms with Crippen molar-refractivity contribution < 1.29 is 19.1 Å². The average Bonchev–Trinajstić information content (AvgIpc) is 2.37. The predicted octanol–water partition coefficient (Wildman–Crippen LogP) is 1.27. The van der Waals surface area contributed by atoms with Crippen LogP contribution < -0.4 is 11.1 Å². The molecule has 116 valence electrons. The van der Waals surface area contributed by atoms with Crippen molar-refractivity contribution in [2.45, 2.75) is 38.8 Å². The highest BCUT2D eigenvalue weighted by Gasteiger charge is 2.25. The molecule has 1 rings (SSSR count). The smallest absolute Gasteiger partial charge is 0.408 e. The molecule has 0 saturated heterocycles. The second-order valence-corrected chi connectivity index (χ2v) is 5.52. The van der Waals surface area contributed by atoms with Crippen LogP contribution in [0.25, 0.3) is 0 Å². The largest absolute Gasteiger partial charge is 0.467 e. The molecule has 21 heavy (non-hydrogen) atoms. The van der Waals surface area contributed by atoms with Crippen LogP contribution in [0.15, 0.2) is 18.3 Å². The fraction of sp³-hybridized carbons (Fsp3) is 0.500. The molecule has 7 nitrogen and oxygen atoms in total. The van der Waals surface area contributed by atoms with Crippen LogP contribution >= 0.6 is 0 Å². The standard InChI is InChI=1S/C14H21N3O4/c1-14(2,3)21-13(19)17-10(12(18)20-4)7-9-5-6-11(15)16-8-9/h5-6,8,10H,7H2,1-4H3,(H2,15,16)(H,17,19)/t10-/m0/s1. The number of esters is 1. The van der Waals surface area contributed by atoms with Gasteiger partial charge in [-0.05, 0) is 32.4 Å². The number of nitrogens with two attached hydrogens (primary N) is 1. The van der Waals surface area contributed by atoms with Crippen LogP contribution in [0.2, 0.25) is 0 Å². The van der Waals surface area contributed by atoms with Gasteiger partial charge in [-0.2, -0.15) is 0 Å². The Balaban J connectivity index is 2.74. The Morgan fingerprint density at radius 3 is 2.52 bits per heavy atom. The van der Waals surface area contributed by atoms with Crippen molar-refractivity contribution in [1.29, 1.82) is 0 Å². The Morgan fingerprint density at radius 2 is 2.05 bits per heavy atom. The number of hydrogen-bond donors (Lipinski definition) is 2. The summed E-state index contributed by atoms with van der Waals surface area (Å²) < 4.78 is 9.81. The number of hydrogen-bond acceptors (Lipinski definition) is 6. The summed E-state index contributed by atoms with van der Waals surface area (Å²) in [5.74, 6) is -0.175. The minimum Gasteiger partial charge on any atom is -0.467 e. The molecule has 0 fully saturated rings. The predicted molar refractivity (Wildman–Crippen MR) is 77.5 cm³/mol. The lowest BCUT2D eigenvalue weighted by molar-refractivity contribution is -0.143. The van der Waals surface area contributed by atoms with Crippen LogP contribution in [0.3, 0.4) is 0 Å². The number of pyridine rings is 1. The fourth-order valence-corrected chi connectivity index (χ4v) is 1.58. The van der Waals surface area contributed by atoms with Crippen LogP contribution in [0.1, 0.15) is 26.3 Å². The highest BCUT2D eigenvalue weighted by molar-refractivity contribution is 5.81. The maximum absolute atomic E-state index is 11.8. The highest BCUT2D eigenvalue weighted by atomic mass is 16.6. The number of nitrogens with zero attached hydrogens (tertiary/aromatic N) is 1. The van der Waals surface area contributed by atoms with Gasteiger partial charge in [0.2, 0.25) is 0 Å². The van der Waals surface area contributed by atoms with Gasteiger partial charge in [-0.15, -0.1) is 0 Å². The normalized spacial score (nSPS) is 12.4. The first-order valence-corrected chi connectivity index (χ1v) is 6.49. The van der Waals surface area contributed by atoms with E-state index in [9.17, 15) is 9.59 Å². The topological polar surface area (TPSA) is 104 Å². The van der Waals surface area contributed by atoms with Crippen molar-refractivity contribution in [3.8, 4) is 0 Å². The number of carbonyl (C=O) groups is 2. The van der Waals surface area contributed by atoms with E-state index in [4.69, 9.17) is 10.5 Å². The zero-order valence-corrected chi connectivity index (χ0v) is 12.7. The summed E-state index contributed by atoms with van der Waals surface area (Å²) in [7, 11) is 1.26. The molecule has 0 aromatic carbocycles. The van der Waals surface area contributed by atoms with Gasteiger partial charge in [0.05, 0.1) is 7.11 Å². The lowest BCUT2D eigenvalue weighted by atomic mass is 10.1. The molecule has 1 aromatic heterocycles. The highest BCUT2D eigenvalue weighted by Crippen LogP contribution is 2.09. The van der Waals surface area contributed by atoms with Crippen LogP contribution in [0.5, 0.6) is 0 Å². The number of amides is 1. The molecule has 1 aromatic rings.